The molecule has 1 aromatic heterocycles. The molecule has 0 aliphatic heterocycles. The Kier molecular flexibility index (Phi) is 3.23. The molecule has 1 N–H and O–H groups in total. The Balaban J connectivity index is 2.77. The van der Waals surface area contributed by atoms with Crippen LogP contribution in [0.25, 0.3) is 5.69 Å². The van der Waals surface area contributed by atoms with Crippen molar-refractivity contribution in [1.29, 1.82) is 0 Å². The van der Waals surface area contributed by atoms with Crippen molar-refractivity contribution in [1.82, 2.24) is 9.78 Å². The maximum absolute atomic E-state index is 13.6. The number of nitrogens with zero attached hydrogens (tertiary/aromatic N) is 3. The van der Waals surface area contributed by atoms with E-state index in [9.17, 15) is 19.3 Å². The van der Waals surface area contributed by atoms with Crippen LogP contribution in [0.5, 0.6) is 0 Å². The summed E-state index contributed by atoms with van der Waals surface area (Å²) in [5.41, 5.74) is -0.501. The predicted molar refractivity (Wildman–Crippen MR) is 66.6 cm³/mol. The van der Waals surface area contributed by atoms with E-state index in [1.807, 2.05) is 0 Å². The summed E-state index contributed by atoms with van der Waals surface area (Å²) >= 11 is 0. The molecule has 7 nitrogen and oxygen atoms in total. The Morgan fingerprint density at radius 3 is 2.60 bits per heavy atom. The van der Waals surface area contributed by atoms with Gasteiger partial charge in [0.05, 0.1) is 16.3 Å². The van der Waals surface area contributed by atoms with E-state index in [4.69, 9.17) is 5.11 Å². The minimum absolute atomic E-state index is 0.0523. The topological polar surface area (TPSA) is 98.3 Å². The van der Waals surface area contributed by atoms with Crippen LogP contribution in [-0.2, 0) is 0 Å². The number of carbonyl (C=O) groups is 1. The zero-order valence-corrected chi connectivity index (χ0v) is 10.6. The molecule has 0 aliphatic carbocycles. The Morgan fingerprint density at radius 1 is 1.45 bits per heavy atom. The summed E-state index contributed by atoms with van der Waals surface area (Å²) in [4.78, 5) is 21.2. The van der Waals surface area contributed by atoms with E-state index in [0.29, 0.717) is 0 Å². The molecule has 0 saturated heterocycles. The van der Waals surface area contributed by atoms with Crippen LogP contribution < -0.4 is 0 Å². The van der Waals surface area contributed by atoms with Crippen molar-refractivity contribution in [2.75, 3.05) is 0 Å². The van der Waals surface area contributed by atoms with Gasteiger partial charge in [0.2, 0.25) is 5.82 Å². The van der Waals surface area contributed by atoms with Gasteiger partial charge in [-0.25, -0.2) is 9.48 Å². The second-order valence-corrected chi connectivity index (χ2v) is 4.13. The molecule has 0 bridgehead atoms. The standard InChI is InChI=1S/C12H10FN3O4/c1-6-10(12(17)18)7(2)15(14-6)9-5-3-4-8(13)11(9)16(19)20/h3-5H,1-2H3,(H,17,18). The average Bonchev–Trinajstić information content (AvgIpc) is 2.63. The smallest absolute Gasteiger partial charge is 0.339 e. The first-order valence-electron chi connectivity index (χ1n) is 5.57. The lowest BCUT2D eigenvalue weighted by Gasteiger charge is -2.06. The van der Waals surface area contributed by atoms with E-state index in [0.717, 1.165) is 10.7 Å². The first-order chi connectivity index (χ1) is 9.34. The number of para-hydroxylation sites is 1. The molecule has 20 heavy (non-hydrogen) atoms. The number of hydrogen-bond acceptors (Lipinski definition) is 4. The van der Waals surface area contributed by atoms with Crippen LogP contribution in [-0.4, -0.2) is 25.8 Å². The zero-order chi connectivity index (χ0) is 15.0. The number of halogens is 1. The number of rotatable bonds is 3. The highest BCUT2D eigenvalue weighted by atomic mass is 19.1. The largest absolute Gasteiger partial charge is 0.478 e. The summed E-state index contributed by atoms with van der Waals surface area (Å²) < 4.78 is 14.7. The van der Waals surface area contributed by atoms with Crippen LogP contribution in [0.2, 0.25) is 0 Å². The van der Waals surface area contributed by atoms with Crippen LogP contribution in [0, 0.1) is 29.8 Å². The van der Waals surface area contributed by atoms with E-state index in [-0.39, 0.29) is 22.6 Å². The molecule has 2 aromatic rings. The third-order valence-electron chi connectivity index (χ3n) is 2.88. The number of hydrogen-bond donors (Lipinski definition) is 1. The molecule has 2 rings (SSSR count). The summed E-state index contributed by atoms with van der Waals surface area (Å²) in [5, 5.41) is 24.0. The Labute approximate surface area is 112 Å². The fraction of sp³-hybridized carbons (Fsp3) is 0.167. The van der Waals surface area contributed by atoms with E-state index in [1.165, 1.54) is 26.0 Å². The third kappa shape index (κ3) is 2.00. The van der Waals surface area contributed by atoms with Crippen LogP contribution in [0.1, 0.15) is 21.7 Å². The van der Waals surface area contributed by atoms with E-state index < -0.39 is 22.4 Å². The molecule has 0 spiro atoms. The molecule has 0 unspecified atom stereocenters. The summed E-state index contributed by atoms with van der Waals surface area (Å²) in [6.07, 6.45) is 0. The number of aromatic nitrogens is 2. The number of nitro groups is 1. The minimum Gasteiger partial charge on any atom is -0.478 e. The van der Waals surface area contributed by atoms with Crippen molar-refractivity contribution >= 4 is 11.7 Å². The Bertz CT molecular complexity index is 724. The van der Waals surface area contributed by atoms with Gasteiger partial charge in [-0.1, -0.05) is 6.07 Å². The third-order valence-corrected chi connectivity index (χ3v) is 2.88. The first kappa shape index (κ1) is 13.7. The Morgan fingerprint density at radius 2 is 2.10 bits per heavy atom. The summed E-state index contributed by atoms with van der Waals surface area (Å²) in [7, 11) is 0. The number of aryl methyl sites for hydroxylation is 1. The van der Waals surface area contributed by atoms with Crippen molar-refractivity contribution in [3.8, 4) is 5.69 Å². The zero-order valence-electron chi connectivity index (χ0n) is 10.6. The molecule has 0 atom stereocenters. The molecule has 0 fully saturated rings. The highest BCUT2D eigenvalue weighted by Gasteiger charge is 2.26. The number of carboxylic acid groups (broad SMARTS) is 1. The van der Waals surface area contributed by atoms with Gasteiger partial charge < -0.3 is 5.11 Å². The SMILES string of the molecule is Cc1nn(-c2cccc(F)c2[N+](=O)[O-])c(C)c1C(=O)O. The fourth-order valence-electron chi connectivity index (χ4n) is 2.04. The molecule has 0 amide bonds. The molecule has 104 valence electrons. The van der Waals surface area contributed by atoms with Crippen LogP contribution >= 0.6 is 0 Å². The highest BCUT2D eigenvalue weighted by molar-refractivity contribution is 5.90. The average molecular weight is 279 g/mol. The second-order valence-electron chi connectivity index (χ2n) is 4.13. The quantitative estimate of drug-likeness (QED) is 0.686. The summed E-state index contributed by atoms with van der Waals surface area (Å²) in [5.74, 6) is -2.19. The summed E-state index contributed by atoms with van der Waals surface area (Å²) in [6, 6.07) is 3.58. The Hall–Kier alpha value is -2.77. The molecular formula is C12H10FN3O4. The molecule has 0 aliphatic rings. The molecule has 1 heterocycles. The second kappa shape index (κ2) is 4.72. The lowest BCUT2D eigenvalue weighted by molar-refractivity contribution is -0.387. The fourth-order valence-corrected chi connectivity index (χ4v) is 2.04. The molecule has 0 radical (unpaired) electrons. The van der Waals surface area contributed by atoms with E-state index >= 15 is 0 Å². The van der Waals surface area contributed by atoms with E-state index in [2.05, 4.69) is 5.10 Å². The minimum atomic E-state index is -1.19. The monoisotopic (exact) mass is 279 g/mol. The lowest BCUT2D eigenvalue weighted by Crippen LogP contribution is -2.06. The van der Waals surface area contributed by atoms with Crippen LogP contribution in [0.3, 0.4) is 0 Å². The predicted octanol–water partition coefficient (Wildman–Crippen LogP) is 2.23. The number of nitro benzene ring substituents is 1. The maximum Gasteiger partial charge on any atom is 0.339 e. The van der Waals surface area contributed by atoms with Gasteiger partial charge in [-0.3, -0.25) is 10.1 Å². The normalized spacial score (nSPS) is 10.6. The van der Waals surface area contributed by atoms with Crippen molar-refractivity contribution in [3.05, 3.63) is 51.1 Å². The van der Waals surface area contributed by atoms with Crippen molar-refractivity contribution < 1.29 is 19.2 Å². The first-order valence-corrected chi connectivity index (χ1v) is 5.57. The molecule has 0 saturated carbocycles. The number of aromatic carboxylic acids is 1. The van der Waals surface area contributed by atoms with Gasteiger partial charge in [0.1, 0.15) is 11.3 Å². The van der Waals surface area contributed by atoms with Crippen molar-refractivity contribution in [2.45, 2.75) is 13.8 Å². The van der Waals surface area contributed by atoms with Gasteiger partial charge >= 0.3 is 11.7 Å². The maximum atomic E-state index is 13.6. The van der Waals surface area contributed by atoms with Gasteiger partial charge in [-0.05, 0) is 26.0 Å². The van der Waals surface area contributed by atoms with Crippen molar-refractivity contribution in [3.63, 3.8) is 0 Å². The van der Waals surface area contributed by atoms with E-state index in [1.54, 1.807) is 0 Å². The van der Waals surface area contributed by atoms with Gasteiger partial charge in [0.25, 0.3) is 0 Å². The lowest BCUT2D eigenvalue weighted by atomic mass is 10.2. The molecule has 1 aromatic carbocycles. The number of benzene rings is 1. The van der Waals surface area contributed by atoms with Gasteiger partial charge in [-0.15, -0.1) is 0 Å². The van der Waals surface area contributed by atoms with Gasteiger partial charge in [-0.2, -0.15) is 9.49 Å². The van der Waals surface area contributed by atoms with Crippen molar-refractivity contribution in [2.24, 2.45) is 0 Å². The number of carboxylic acids is 1. The van der Waals surface area contributed by atoms with Gasteiger partial charge in [0.15, 0.2) is 0 Å². The van der Waals surface area contributed by atoms with Gasteiger partial charge in [0, 0.05) is 0 Å². The van der Waals surface area contributed by atoms with Crippen LogP contribution in [0.4, 0.5) is 10.1 Å². The highest BCUT2D eigenvalue weighted by Crippen LogP contribution is 2.28. The molecular weight excluding hydrogens is 269 g/mol. The summed E-state index contributed by atoms with van der Waals surface area (Å²) in [6.45, 7) is 2.93. The molecule has 8 heteroatoms. The van der Waals surface area contributed by atoms with Crippen LogP contribution in [0.15, 0.2) is 18.2 Å².